The Morgan fingerprint density at radius 1 is 0.685 bits per heavy atom. The normalized spacial score (nSPS) is 13.1. The number of hydrogen-bond donors (Lipinski definition) is 0. The van der Waals surface area contributed by atoms with E-state index in [-0.39, 0.29) is 26.5 Å². The SMILES string of the molecule is Cc1cc(N2c3[c-]c(Oc4[c-]c(N5[CH-]N(c6ccccc6C(C)(C)C)c6ccccc65)ccc4)ccc3[Te]c3ncccc32)ncc1-c1ccccc1.[Pt]. The Kier molecular flexibility index (Phi) is 9.83. The van der Waals surface area contributed by atoms with E-state index >= 15 is 0 Å². The fraction of sp³-hybridized carbons (Fsp3) is 0.109. The number of pyridine rings is 2. The van der Waals surface area contributed by atoms with Crippen molar-refractivity contribution in [1.82, 2.24) is 9.97 Å². The summed E-state index contributed by atoms with van der Waals surface area (Å²) in [5, 5.41) is 0. The molecule has 2 aromatic heterocycles. The molecule has 0 spiro atoms. The molecule has 9 rings (SSSR count). The van der Waals surface area contributed by atoms with Gasteiger partial charge in [0.1, 0.15) is 0 Å². The minimum absolute atomic E-state index is 0. The van der Waals surface area contributed by atoms with Gasteiger partial charge in [0.25, 0.3) is 0 Å². The van der Waals surface area contributed by atoms with Gasteiger partial charge < -0.3 is 0 Å². The van der Waals surface area contributed by atoms with E-state index in [9.17, 15) is 0 Å². The van der Waals surface area contributed by atoms with Crippen molar-refractivity contribution in [3.8, 4) is 22.6 Å². The number of hydrogen-bond acceptors (Lipinski definition) is 6. The fourth-order valence-corrected chi connectivity index (χ4v) is 9.75. The summed E-state index contributed by atoms with van der Waals surface area (Å²) in [6.07, 6.45) is 3.85. The van der Waals surface area contributed by atoms with Gasteiger partial charge in [-0.1, -0.05) is 45.0 Å². The Hall–Kier alpha value is -4.92. The monoisotopic (exact) mass is 999 g/mol. The van der Waals surface area contributed by atoms with Crippen molar-refractivity contribution in [2.75, 3.05) is 14.7 Å². The van der Waals surface area contributed by atoms with Crippen molar-refractivity contribution in [2.24, 2.45) is 0 Å². The number of anilines is 7. The minimum atomic E-state index is -0.753. The third-order valence-electron chi connectivity index (χ3n) is 9.53. The number of fused-ring (bicyclic) bond motifs is 3. The van der Waals surface area contributed by atoms with Crippen LogP contribution in [0.25, 0.3) is 11.1 Å². The maximum absolute atomic E-state index is 6.57. The summed E-state index contributed by atoms with van der Waals surface area (Å²) in [5.74, 6) is 2.05. The number of benzene rings is 5. The maximum atomic E-state index is 6.57. The van der Waals surface area contributed by atoms with E-state index in [0.29, 0.717) is 11.5 Å². The maximum Gasteiger partial charge on any atom is 0 e. The van der Waals surface area contributed by atoms with Crippen LogP contribution in [0, 0.1) is 25.7 Å². The standard InChI is InChI=1S/C46H36N5OTe.Pt/c1-31-26-44(48-29-36(31)32-14-6-5-7-15-32)51-41-22-13-25-47-45(41)53-43-24-23-35(28-42(43)51)52-34-17-12-16-33(27-34)49-30-50(40-21-11-10-20-39(40)49)38-19-9-8-18-37(38)46(2,3)4;/h5-26,29-30H,1-4H3;/q-3;. The number of aromatic nitrogens is 2. The molecular formula is C46H36N5OPtTe-3. The molecule has 0 saturated heterocycles. The van der Waals surface area contributed by atoms with Crippen LogP contribution in [0.3, 0.4) is 0 Å². The predicted octanol–water partition coefficient (Wildman–Crippen LogP) is 9.99. The van der Waals surface area contributed by atoms with E-state index in [1.807, 2.05) is 42.7 Å². The summed E-state index contributed by atoms with van der Waals surface area (Å²) >= 11 is -0.753. The van der Waals surface area contributed by atoms with Gasteiger partial charge in [-0.3, -0.25) is 0 Å². The van der Waals surface area contributed by atoms with Crippen LogP contribution in [0.2, 0.25) is 0 Å². The van der Waals surface area contributed by atoms with E-state index in [4.69, 9.17) is 14.7 Å². The summed E-state index contributed by atoms with van der Waals surface area (Å²) in [6.45, 7) is 11.1. The first kappa shape index (κ1) is 36.1. The molecule has 2 aliphatic heterocycles. The van der Waals surface area contributed by atoms with Crippen LogP contribution < -0.4 is 26.8 Å². The van der Waals surface area contributed by atoms with E-state index < -0.39 is 20.9 Å². The summed E-state index contributed by atoms with van der Waals surface area (Å²) in [5.41, 5.74) is 10.9. The van der Waals surface area contributed by atoms with Crippen molar-refractivity contribution in [1.29, 1.82) is 0 Å². The summed E-state index contributed by atoms with van der Waals surface area (Å²) in [6, 6.07) is 51.2. The Bertz CT molecular complexity index is 2480. The third-order valence-corrected chi connectivity index (χ3v) is 12.5. The molecule has 0 unspecified atom stereocenters. The molecule has 7 aromatic rings. The number of para-hydroxylation sites is 3. The second-order valence-corrected chi connectivity index (χ2v) is 17.1. The first-order chi connectivity index (χ1) is 25.8. The number of ether oxygens (including phenoxy) is 1. The van der Waals surface area contributed by atoms with Gasteiger partial charge in [0.2, 0.25) is 0 Å². The van der Waals surface area contributed by atoms with Gasteiger partial charge in [-0.15, -0.1) is 0 Å². The van der Waals surface area contributed by atoms with Crippen molar-refractivity contribution < 1.29 is 25.8 Å². The second-order valence-electron chi connectivity index (χ2n) is 14.1. The first-order valence-electron chi connectivity index (χ1n) is 17.7. The van der Waals surface area contributed by atoms with Crippen LogP contribution in [0.15, 0.2) is 140 Å². The topological polar surface area (TPSA) is 44.7 Å². The van der Waals surface area contributed by atoms with Crippen LogP contribution in [0.1, 0.15) is 31.9 Å². The quantitative estimate of drug-likeness (QED) is 0.122. The molecule has 270 valence electrons. The van der Waals surface area contributed by atoms with Crippen LogP contribution in [0.5, 0.6) is 11.5 Å². The van der Waals surface area contributed by atoms with Gasteiger partial charge in [0.05, 0.1) is 0 Å². The largest absolute Gasteiger partial charge is 0 e. The van der Waals surface area contributed by atoms with E-state index in [1.165, 1.54) is 9.17 Å². The zero-order valence-corrected chi connectivity index (χ0v) is 34.8. The van der Waals surface area contributed by atoms with Crippen LogP contribution in [0.4, 0.5) is 39.9 Å². The van der Waals surface area contributed by atoms with Gasteiger partial charge in [-0.2, -0.15) is 0 Å². The van der Waals surface area contributed by atoms with E-state index in [2.05, 4.69) is 158 Å². The summed E-state index contributed by atoms with van der Waals surface area (Å²) in [7, 11) is 0. The van der Waals surface area contributed by atoms with Gasteiger partial charge in [-0.25, -0.2) is 0 Å². The molecule has 5 aromatic carbocycles. The molecule has 4 heterocycles. The molecule has 54 heavy (non-hydrogen) atoms. The first-order valence-corrected chi connectivity index (χ1v) is 20.0. The molecule has 8 heteroatoms. The van der Waals surface area contributed by atoms with Crippen molar-refractivity contribution in [3.63, 3.8) is 0 Å². The van der Waals surface area contributed by atoms with Crippen LogP contribution >= 0.6 is 0 Å². The van der Waals surface area contributed by atoms with Crippen molar-refractivity contribution >= 4 is 68.2 Å². The van der Waals surface area contributed by atoms with Gasteiger partial charge in [0.15, 0.2) is 0 Å². The average molecular weight is 998 g/mol. The van der Waals surface area contributed by atoms with Gasteiger partial charge in [-0.05, 0) is 17.0 Å². The Morgan fingerprint density at radius 3 is 2.17 bits per heavy atom. The molecule has 2 aliphatic rings. The predicted molar refractivity (Wildman–Crippen MR) is 216 cm³/mol. The Morgan fingerprint density at radius 2 is 1.39 bits per heavy atom. The van der Waals surface area contributed by atoms with Crippen LogP contribution in [-0.4, -0.2) is 30.9 Å². The summed E-state index contributed by atoms with van der Waals surface area (Å²) in [4.78, 5) is 16.5. The molecule has 0 fully saturated rings. The van der Waals surface area contributed by atoms with Crippen LogP contribution in [-0.2, 0) is 26.5 Å². The zero-order valence-electron chi connectivity index (χ0n) is 30.2. The Labute approximate surface area is 341 Å². The van der Waals surface area contributed by atoms with E-state index in [1.54, 1.807) is 0 Å². The third kappa shape index (κ3) is 6.71. The van der Waals surface area contributed by atoms with E-state index in [0.717, 1.165) is 60.4 Å². The van der Waals surface area contributed by atoms with Crippen molar-refractivity contribution in [3.05, 3.63) is 170 Å². The average Bonchev–Trinajstić information content (AvgIpc) is 3.57. The number of aryl methyl sites for hydroxylation is 1. The number of rotatable bonds is 6. The number of nitrogens with zero attached hydrogens (tertiary/aromatic N) is 5. The fourth-order valence-electron chi connectivity index (χ4n) is 7.00. The molecular weight excluding hydrogens is 961 g/mol. The summed E-state index contributed by atoms with van der Waals surface area (Å²) < 4.78 is 8.93. The smallest absolute Gasteiger partial charge is 0 e. The second kappa shape index (κ2) is 14.7. The Balaban J connectivity index is 0.00000413. The van der Waals surface area contributed by atoms with Gasteiger partial charge in [0, 0.05) is 21.1 Å². The molecule has 0 aliphatic carbocycles. The van der Waals surface area contributed by atoms with Gasteiger partial charge >= 0.3 is 261 Å². The molecule has 0 bridgehead atoms. The molecule has 0 saturated carbocycles. The molecule has 0 atom stereocenters. The molecule has 0 N–H and O–H groups in total. The molecule has 0 amide bonds. The van der Waals surface area contributed by atoms with Crippen molar-refractivity contribution in [2.45, 2.75) is 33.1 Å². The zero-order chi connectivity index (χ0) is 36.1. The molecule has 6 nitrogen and oxygen atoms in total. The minimum Gasteiger partial charge on any atom is 0 e. The molecule has 0 radical (unpaired) electrons.